The summed E-state index contributed by atoms with van der Waals surface area (Å²) in [6, 6.07) is 17.6. The van der Waals surface area contributed by atoms with Crippen molar-refractivity contribution in [1.82, 2.24) is 19.8 Å². The lowest BCUT2D eigenvalue weighted by Gasteiger charge is -2.43. The summed E-state index contributed by atoms with van der Waals surface area (Å²) in [4.78, 5) is 22.8. The molecule has 1 aromatic heterocycles. The van der Waals surface area contributed by atoms with Crippen molar-refractivity contribution in [3.63, 3.8) is 0 Å². The summed E-state index contributed by atoms with van der Waals surface area (Å²) in [5.41, 5.74) is 4.72. The lowest BCUT2D eigenvalue weighted by Crippen LogP contribution is -2.52. The third kappa shape index (κ3) is 6.12. The van der Waals surface area contributed by atoms with Crippen LogP contribution in [0.2, 0.25) is 0 Å². The van der Waals surface area contributed by atoms with Crippen molar-refractivity contribution in [3.8, 4) is 5.75 Å². The van der Waals surface area contributed by atoms with Crippen molar-refractivity contribution in [1.29, 1.82) is 0 Å². The minimum atomic E-state index is 0.125. The van der Waals surface area contributed by atoms with Crippen molar-refractivity contribution < 1.29 is 9.57 Å². The highest BCUT2D eigenvalue weighted by Gasteiger charge is 2.30. The van der Waals surface area contributed by atoms with Crippen LogP contribution in [0.4, 0.5) is 23.0 Å². The van der Waals surface area contributed by atoms with Gasteiger partial charge in [0.15, 0.2) is 5.82 Å². The molecule has 41 heavy (non-hydrogen) atoms. The normalized spacial score (nSPS) is 20.9. The van der Waals surface area contributed by atoms with Gasteiger partial charge in [0, 0.05) is 69.6 Å². The molecule has 3 aromatic rings. The summed E-state index contributed by atoms with van der Waals surface area (Å²) < 4.78 is 5.90. The van der Waals surface area contributed by atoms with Crippen molar-refractivity contribution in [2.24, 2.45) is 0 Å². The zero-order valence-electron chi connectivity index (χ0n) is 24.6. The molecule has 0 spiro atoms. The molecule has 1 N–H and O–H groups in total. The molecule has 0 saturated carbocycles. The Morgan fingerprint density at radius 1 is 0.951 bits per heavy atom. The van der Waals surface area contributed by atoms with Crippen LogP contribution in [-0.2, 0) is 11.3 Å². The van der Waals surface area contributed by atoms with E-state index in [1.54, 1.807) is 13.4 Å². The predicted octanol–water partition coefficient (Wildman–Crippen LogP) is 4.89. The maximum Gasteiger partial charge on any atom is 0.158 e. The van der Waals surface area contributed by atoms with E-state index < -0.39 is 0 Å². The molecular formula is C32H43N7O2. The Hall–Kier alpha value is -3.40. The first-order chi connectivity index (χ1) is 20.1. The van der Waals surface area contributed by atoms with Crippen LogP contribution in [0, 0.1) is 0 Å². The third-order valence-corrected chi connectivity index (χ3v) is 8.87. The third-order valence-electron chi connectivity index (χ3n) is 8.87. The molecule has 9 heteroatoms. The molecule has 0 aliphatic carbocycles. The number of piperazine rings is 1. The molecule has 0 amide bonds. The fourth-order valence-electron chi connectivity index (χ4n) is 6.46. The predicted molar refractivity (Wildman–Crippen MR) is 164 cm³/mol. The van der Waals surface area contributed by atoms with Gasteiger partial charge in [-0.05, 0) is 43.5 Å². The smallest absolute Gasteiger partial charge is 0.158 e. The number of nitrogens with one attached hydrogen (secondary N) is 1. The van der Waals surface area contributed by atoms with E-state index in [1.807, 2.05) is 17.2 Å². The number of likely N-dealkylation sites (N-methyl/N-ethyl adjacent to an activating group) is 1. The summed E-state index contributed by atoms with van der Waals surface area (Å²) in [7, 11) is 3.97. The van der Waals surface area contributed by atoms with Crippen LogP contribution in [0.25, 0.3) is 0 Å². The van der Waals surface area contributed by atoms with Gasteiger partial charge < -0.3 is 19.9 Å². The molecule has 1 atom stereocenters. The number of benzene rings is 2. The van der Waals surface area contributed by atoms with Gasteiger partial charge in [0.25, 0.3) is 0 Å². The quantitative estimate of drug-likeness (QED) is 0.417. The lowest BCUT2D eigenvalue weighted by atomic mass is 9.99. The van der Waals surface area contributed by atoms with Gasteiger partial charge in [0.1, 0.15) is 17.9 Å². The molecule has 6 rings (SSSR count). The molecule has 4 heterocycles. The molecular weight excluding hydrogens is 514 g/mol. The van der Waals surface area contributed by atoms with Crippen LogP contribution in [0.5, 0.6) is 5.75 Å². The number of rotatable bonds is 8. The maximum absolute atomic E-state index is 6.01. The van der Waals surface area contributed by atoms with Crippen molar-refractivity contribution in [3.05, 3.63) is 66.0 Å². The zero-order valence-corrected chi connectivity index (χ0v) is 24.6. The SMILES string of the molecule is CCc1cc(Nc2cc(N3OCCC3c3ccccc3)ncn2)c(OC)cc1N1CCC(N2CCN(C)CC2)CC1. The number of ether oxygens (including phenoxy) is 1. The standard InChI is InChI=1S/C32H43N7O2/c1-4-24-20-27(30(40-3)21-29(24)38-13-10-26(11-14-38)37-17-15-36(2)16-18-37)35-31-22-32(34-23-33-31)39-28(12-19-41-39)25-8-6-5-7-9-25/h5-9,20-23,26,28H,4,10-19H2,1-3H3,(H,33,34,35). The van der Waals surface area contributed by atoms with E-state index in [4.69, 9.17) is 9.57 Å². The average molecular weight is 558 g/mol. The molecule has 3 aliphatic rings. The van der Waals surface area contributed by atoms with E-state index >= 15 is 0 Å². The number of hydroxylamine groups is 1. The van der Waals surface area contributed by atoms with Crippen LogP contribution < -0.4 is 20.0 Å². The number of nitrogens with zero attached hydrogens (tertiary/aromatic N) is 6. The largest absolute Gasteiger partial charge is 0.494 e. The summed E-state index contributed by atoms with van der Waals surface area (Å²) in [5, 5.41) is 5.42. The Balaban J connectivity index is 1.17. The molecule has 0 bridgehead atoms. The molecule has 3 saturated heterocycles. The van der Waals surface area contributed by atoms with Crippen molar-refractivity contribution in [2.75, 3.05) is 75.3 Å². The molecule has 9 nitrogen and oxygen atoms in total. The Labute approximate surface area is 244 Å². The van der Waals surface area contributed by atoms with Gasteiger partial charge in [-0.1, -0.05) is 37.3 Å². The van der Waals surface area contributed by atoms with Gasteiger partial charge in [-0.25, -0.2) is 15.0 Å². The highest BCUT2D eigenvalue weighted by Crippen LogP contribution is 2.38. The molecule has 1 unspecified atom stereocenters. The first kappa shape index (κ1) is 27.8. The summed E-state index contributed by atoms with van der Waals surface area (Å²) in [5.74, 6) is 2.26. The van der Waals surface area contributed by atoms with Crippen LogP contribution in [0.3, 0.4) is 0 Å². The average Bonchev–Trinajstić information content (AvgIpc) is 3.52. The molecule has 218 valence electrons. The second-order valence-corrected chi connectivity index (χ2v) is 11.4. The van der Waals surface area contributed by atoms with Gasteiger partial charge in [-0.15, -0.1) is 0 Å². The zero-order chi connectivity index (χ0) is 28.2. The van der Waals surface area contributed by atoms with Crippen LogP contribution >= 0.6 is 0 Å². The first-order valence-corrected chi connectivity index (χ1v) is 15.1. The first-order valence-electron chi connectivity index (χ1n) is 15.1. The van der Waals surface area contributed by atoms with E-state index in [0.29, 0.717) is 18.5 Å². The highest BCUT2D eigenvalue weighted by molar-refractivity contribution is 5.73. The van der Waals surface area contributed by atoms with Gasteiger partial charge >= 0.3 is 0 Å². The lowest BCUT2D eigenvalue weighted by molar-refractivity contribution is 0.0982. The fraction of sp³-hybridized carbons (Fsp3) is 0.500. The number of methoxy groups -OCH3 is 1. The molecule has 3 aliphatic heterocycles. The minimum absolute atomic E-state index is 0.125. The maximum atomic E-state index is 6.01. The number of aryl methyl sites for hydroxylation is 1. The summed E-state index contributed by atoms with van der Waals surface area (Å²) in [6.07, 6.45) is 5.87. The van der Waals surface area contributed by atoms with Crippen LogP contribution in [0.15, 0.2) is 54.9 Å². The summed E-state index contributed by atoms with van der Waals surface area (Å²) >= 11 is 0. The van der Waals surface area contributed by atoms with E-state index in [2.05, 4.69) is 80.4 Å². The Morgan fingerprint density at radius 3 is 2.46 bits per heavy atom. The van der Waals surface area contributed by atoms with Crippen LogP contribution in [-0.4, -0.2) is 85.8 Å². The minimum Gasteiger partial charge on any atom is -0.494 e. The fourth-order valence-corrected chi connectivity index (χ4v) is 6.46. The van der Waals surface area contributed by atoms with Gasteiger partial charge in [0.05, 0.1) is 25.4 Å². The number of anilines is 4. The van der Waals surface area contributed by atoms with Crippen LogP contribution in [0.1, 0.15) is 43.4 Å². The topological polar surface area (TPSA) is 69.2 Å². The molecule has 3 fully saturated rings. The van der Waals surface area contributed by atoms with E-state index in [1.165, 1.54) is 55.8 Å². The second-order valence-electron chi connectivity index (χ2n) is 11.4. The second kappa shape index (κ2) is 12.6. The Kier molecular flexibility index (Phi) is 8.55. The van der Waals surface area contributed by atoms with Crippen molar-refractivity contribution >= 4 is 23.0 Å². The Bertz CT molecular complexity index is 1290. The molecule has 0 radical (unpaired) electrons. The number of piperidine rings is 1. The van der Waals surface area contributed by atoms with E-state index in [-0.39, 0.29) is 6.04 Å². The van der Waals surface area contributed by atoms with Gasteiger partial charge in [-0.2, -0.15) is 0 Å². The number of hydrogen-bond donors (Lipinski definition) is 1. The number of hydrogen-bond acceptors (Lipinski definition) is 9. The number of aromatic nitrogens is 2. The Morgan fingerprint density at radius 2 is 1.73 bits per heavy atom. The van der Waals surface area contributed by atoms with Crippen molar-refractivity contribution in [2.45, 2.75) is 44.7 Å². The monoisotopic (exact) mass is 557 g/mol. The van der Waals surface area contributed by atoms with Gasteiger partial charge in [-0.3, -0.25) is 9.74 Å². The summed E-state index contributed by atoms with van der Waals surface area (Å²) in [6.45, 7) is 9.78. The highest BCUT2D eigenvalue weighted by atomic mass is 16.7. The molecule has 2 aromatic carbocycles. The van der Waals surface area contributed by atoms with E-state index in [9.17, 15) is 0 Å². The van der Waals surface area contributed by atoms with Gasteiger partial charge in [0.2, 0.25) is 0 Å². The van der Waals surface area contributed by atoms with E-state index in [0.717, 1.165) is 43.2 Å².